The zero-order chi connectivity index (χ0) is 7.84. The van der Waals surface area contributed by atoms with E-state index in [0.29, 0.717) is 0 Å². The first kappa shape index (κ1) is 7.02. The first-order chi connectivity index (χ1) is 5.27. The zero-order valence-electron chi connectivity index (χ0n) is 5.66. The average molecular weight is 259 g/mol. The van der Waals surface area contributed by atoms with E-state index in [-0.39, 0.29) is 5.92 Å². The SMILES string of the molecule is NC1=CC2=NN=C(I)[C@@H]2C=C1. The number of halogens is 1. The van der Waals surface area contributed by atoms with Gasteiger partial charge in [0.05, 0.1) is 11.6 Å². The lowest BCUT2D eigenvalue weighted by molar-refractivity contribution is 1.22. The van der Waals surface area contributed by atoms with Crippen molar-refractivity contribution < 1.29 is 0 Å². The summed E-state index contributed by atoms with van der Waals surface area (Å²) >= 11 is 2.19. The highest BCUT2D eigenvalue weighted by molar-refractivity contribution is 14.1. The van der Waals surface area contributed by atoms with E-state index in [0.717, 1.165) is 15.1 Å². The van der Waals surface area contributed by atoms with E-state index in [1.165, 1.54) is 0 Å². The van der Waals surface area contributed by atoms with Gasteiger partial charge < -0.3 is 5.73 Å². The van der Waals surface area contributed by atoms with E-state index >= 15 is 0 Å². The number of rotatable bonds is 0. The molecule has 0 aromatic rings. The summed E-state index contributed by atoms with van der Waals surface area (Å²) in [4.78, 5) is 0. The fraction of sp³-hybridized carbons (Fsp3) is 0.143. The standard InChI is InChI=1S/C7H6IN3/c8-7-5-2-1-4(9)3-6(5)10-11-7/h1-3,5H,9H2/t5-/m1/s1. The molecule has 4 heteroatoms. The maximum Gasteiger partial charge on any atom is 0.114 e. The number of allylic oxidation sites excluding steroid dienone is 3. The summed E-state index contributed by atoms with van der Waals surface area (Å²) in [6.45, 7) is 0. The Bertz CT molecular complexity index is 312. The lowest BCUT2D eigenvalue weighted by Crippen LogP contribution is -2.16. The Hall–Kier alpha value is -0.650. The molecule has 2 N–H and O–H groups in total. The molecule has 0 radical (unpaired) electrons. The molecule has 0 spiro atoms. The summed E-state index contributed by atoms with van der Waals surface area (Å²) in [6.07, 6.45) is 5.77. The molecule has 1 atom stereocenters. The van der Waals surface area contributed by atoms with Crippen LogP contribution in [-0.2, 0) is 0 Å². The number of hydrogen-bond acceptors (Lipinski definition) is 3. The number of nitrogens with two attached hydrogens (primary N) is 1. The van der Waals surface area contributed by atoms with Crippen LogP contribution in [0.25, 0.3) is 0 Å². The fourth-order valence-electron chi connectivity index (χ4n) is 1.07. The minimum Gasteiger partial charge on any atom is -0.399 e. The summed E-state index contributed by atoms with van der Waals surface area (Å²) in [5, 5.41) is 7.93. The van der Waals surface area contributed by atoms with Crippen LogP contribution in [-0.4, -0.2) is 9.43 Å². The second-order valence-electron chi connectivity index (χ2n) is 2.43. The van der Waals surface area contributed by atoms with Crippen LogP contribution in [0.4, 0.5) is 0 Å². The average Bonchev–Trinajstić information content (AvgIpc) is 2.32. The highest BCUT2D eigenvalue weighted by atomic mass is 127. The molecular weight excluding hydrogens is 253 g/mol. The predicted molar refractivity (Wildman–Crippen MR) is 53.8 cm³/mol. The van der Waals surface area contributed by atoms with Gasteiger partial charge in [0.1, 0.15) is 3.72 Å². The molecule has 0 fully saturated rings. The van der Waals surface area contributed by atoms with E-state index in [9.17, 15) is 0 Å². The van der Waals surface area contributed by atoms with Gasteiger partial charge in [0.2, 0.25) is 0 Å². The van der Waals surface area contributed by atoms with Crippen molar-refractivity contribution in [1.82, 2.24) is 0 Å². The second kappa shape index (κ2) is 2.44. The Morgan fingerprint density at radius 3 is 3.09 bits per heavy atom. The highest BCUT2D eigenvalue weighted by Crippen LogP contribution is 2.22. The van der Waals surface area contributed by atoms with Crippen molar-refractivity contribution in [3.63, 3.8) is 0 Å². The molecule has 0 aromatic carbocycles. The van der Waals surface area contributed by atoms with Crippen LogP contribution in [0.5, 0.6) is 0 Å². The van der Waals surface area contributed by atoms with Crippen LogP contribution in [0, 0.1) is 5.92 Å². The lowest BCUT2D eigenvalue weighted by Gasteiger charge is -2.08. The van der Waals surface area contributed by atoms with Crippen LogP contribution in [0.3, 0.4) is 0 Å². The molecule has 1 aliphatic heterocycles. The molecule has 0 bridgehead atoms. The topological polar surface area (TPSA) is 50.7 Å². The Balaban J connectivity index is 2.38. The molecule has 3 nitrogen and oxygen atoms in total. The summed E-state index contributed by atoms with van der Waals surface area (Å²) in [6, 6.07) is 0. The van der Waals surface area contributed by atoms with E-state index < -0.39 is 0 Å². The molecule has 1 aliphatic carbocycles. The van der Waals surface area contributed by atoms with Crippen LogP contribution < -0.4 is 5.73 Å². The summed E-state index contributed by atoms with van der Waals surface area (Å²) < 4.78 is 1.01. The van der Waals surface area contributed by atoms with Crippen LogP contribution >= 0.6 is 22.6 Å². The van der Waals surface area contributed by atoms with Gasteiger partial charge in [-0.05, 0) is 34.7 Å². The van der Waals surface area contributed by atoms with Gasteiger partial charge in [-0.2, -0.15) is 5.10 Å². The van der Waals surface area contributed by atoms with Gasteiger partial charge in [0, 0.05) is 5.70 Å². The summed E-state index contributed by atoms with van der Waals surface area (Å²) in [5.41, 5.74) is 7.28. The predicted octanol–water partition coefficient (Wildman–Crippen LogP) is 1.22. The fourth-order valence-corrected chi connectivity index (χ4v) is 1.71. The Morgan fingerprint density at radius 1 is 1.45 bits per heavy atom. The molecule has 0 unspecified atom stereocenters. The van der Waals surface area contributed by atoms with E-state index in [4.69, 9.17) is 5.73 Å². The first-order valence-corrected chi connectivity index (χ1v) is 4.31. The lowest BCUT2D eigenvalue weighted by atomic mass is 9.99. The Labute approximate surface area is 77.9 Å². The Morgan fingerprint density at radius 2 is 2.27 bits per heavy atom. The van der Waals surface area contributed by atoms with Crippen LogP contribution in [0.15, 0.2) is 34.1 Å². The van der Waals surface area contributed by atoms with Gasteiger partial charge in [0.25, 0.3) is 0 Å². The first-order valence-electron chi connectivity index (χ1n) is 3.23. The van der Waals surface area contributed by atoms with Crippen molar-refractivity contribution in [3.8, 4) is 0 Å². The van der Waals surface area contributed by atoms with Crippen molar-refractivity contribution in [2.75, 3.05) is 0 Å². The normalized spacial score (nSPS) is 27.4. The number of nitrogens with zero attached hydrogens (tertiary/aromatic N) is 2. The summed E-state index contributed by atoms with van der Waals surface area (Å²) in [5.74, 6) is 0.267. The molecule has 2 rings (SSSR count). The molecule has 2 aliphatic rings. The molecular formula is C7H6IN3. The van der Waals surface area contributed by atoms with Crippen molar-refractivity contribution in [2.45, 2.75) is 0 Å². The minimum atomic E-state index is 0.267. The molecule has 56 valence electrons. The van der Waals surface area contributed by atoms with Crippen molar-refractivity contribution in [3.05, 3.63) is 23.9 Å². The third-order valence-corrected chi connectivity index (χ3v) is 2.52. The number of fused-ring (bicyclic) bond motifs is 1. The van der Waals surface area contributed by atoms with Gasteiger partial charge >= 0.3 is 0 Å². The maximum atomic E-state index is 5.58. The van der Waals surface area contributed by atoms with Crippen molar-refractivity contribution in [1.29, 1.82) is 0 Å². The molecule has 0 amide bonds. The number of hydrogen-bond donors (Lipinski definition) is 1. The molecule has 0 saturated heterocycles. The molecule has 11 heavy (non-hydrogen) atoms. The zero-order valence-corrected chi connectivity index (χ0v) is 7.82. The Kier molecular flexibility index (Phi) is 1.56. The highest BCUT2D eigenvalue weighted by Gasteiger charge is 2.23. The van der Waals surface area contributed by atoms with Gasteiger partial charge in [-0.3, -0.25) is 0 Å². The quantitative estimate of drug-likeness (QED) is 0.653. The van der Waals surface area contributed by atoms with Gasteiger partial charge in [-0.25, -0.2) is 0 Å². The summed E-state index contributed by atoms with van der Waals surface area (Å²) in [7, 11) is 0. The van der Waals surface area contributed by atoms with Crippen LogP contribution in [0.2, 0.25) is 0 Å². The largest absolute Gasteiger partial charge is 0.399 e. The van der Waals surface area contributed by atoms with E-state index in [1.807, 2.05) is 18.2 Å². The van der Waals surface area contributed by atoms with Gasteiger partial charge in [-0.1, -0.05) is 6.08 Å². The monoisotopic (exact) mass is 259 g/mol. The van der Waals surface area contributed by atoms with Gasteiger partial charge in [0.15, 0.2) is 0 Å². The van der Waals surface area contributed by atoms with Gasteiger partial charge in [-0.15, -0.1) is 5.10 Å². The molecule has 0 aromatic heterocycles. The van der Waals surface area contributed by atoms with Crippen molar-refractivity contribution in [2.24, 2.45) is 21.9 Å². The third kappa shape index (κ3) is 1.11. The second-order valence-corrected chi connectivity index (χ2v) is 3.53. The van der Waals surface area contributed by atoms with Crippen molar-refractivity contribution >= 4 is 32.0 Å². The molecule has 0 saturated carbocycles. The third-order valence-electron chi connectivity index (χ3n) is 1.63. The van der Waals surface area contributed by atoms with Crippen LogP contribution in [0.1, 0.15) is 0 Å². The van der Waals surface area contributed by atoms with E-state index in [2.05, 4.69) is 32.8 Å². The van der Waals surface area contributed by atoms with E-state index in [1.54, 1.807) is 0 Å². The minimum absolute atomic E-state index is 0.267. The maximum absolute atomic E-state index is 5.58. The smallest absolute Gasteiger partial charge is 0.114 e. The molecule has 1 heterocycles.